The largest absolute Gasteiger partial charge is 0.507 e. The highest BCUT2D eigenvalue weighted by Gasteiger charge is 2.48. The van der Waals surface area contributed by atoms with Crippen LogP contribution in [0.2, 0.25) is 0 Å². The molecule has 1 unspecified atom stereocenters. The molecule has 1 aliphatic rings. The van der Waals surface area contributed by atoms with Crippen LogP contribution in [0.25, 0.3) is 5.76 Å². The Bertz CT molecular complexity index is 1230. The molecule has 1 amide bonds. The molecule has 7 heteroatoms. The summed E-state index contributed by atoms with van der Waals surface area (Å²) in [6.45, 7) is 5.78. The maximum absolute atomic E-state index is 13.2. The third-order valence-electron chi connectivity index (χ3n) is 5.43. The van der Waals surface area contributed by atoms with Crippen molar-refractivity contribution in [3.05, 3.63) is 81.6 Å². The maximum atomic E-state index is 13.2. The van der Waals surface area contributed by atoms with Gasteiger partial charge in [-0.3, -0.25) is 14.5 Å². The molecule has 1 saturated heterocycles. The zero-order valence-corrected chi connectivity index (χ0v) is 19.7. The van der Waals surface area contributed by atoms with Gasteiger partial charge in [0.2, 0.25) is 0 Å². The summed E-state index contributed by atoms with van der Waals surface area (Å²) in [4.78, 5) is 28.7. The maximum Gasteiger partial charge on any atom is 0.300 e. The number of ketones is 1. The van der Waals surface area contributed by atoms with Crippen molar-refractivity contribution in [1.82, 2.24) is 0 Å². The van der Waals surface area contributed by atoms with E-state index in [9.17, 15) is 14.7 Å². The number of anilines is 1. The van der Waals surface area contributed by atoms with E-state index < -0.39 is 17.7 Å². The SMILES string of the molecule is COc1cccc(N2C(=O)C(=O)/C(=C(\O)c3ccc(OC(C)C)cc3)C2c2sccc2C)c1. The van der Waals surface area contributed by atoms with Gasteiger partial charge in [-0.25, -0.2) is 0 Å². The van der Waals surface area contributed by atoms with Crippen molar-refractivity contribution in [2.45, 2.75) is 32.9 Å². The molecule has 0 spiro atoms. The normalized spacial score (nSPS) is 17.6. The predicted molar refractivity (Wildman–Crippen MR) is 129 cm³/mol. The molecule has 0 saturated carbocycles. The average Bonchev–Trinajstić information content (AvgIpc) is 3.33. The van der Waals surface area contributed by atoms with Crippen molar-refractivity contribution in [1.29, 1.82) is 0 Å². The minimum Gasteiger partial charge on any atom is -0.507 e. The second-order valence-corrected chi connectivity index (χ2v) is 8.98. The van der Waals surface area contributed by atoms with Crippen LogP contribution < -0.4 is 14.4 Å². The van der Waals surface area contributed by atoms with E-state index >= 15 is 0 Å². The Morgan fingerprint density at radius 1 is 1.06 bits per heavy atom. The predicted octanol–water partition coefficient (Wildman–Crippen LogP) is 5.48. The molecule has 1 atom stereocenters. The zero-order valence-electron chi connectivity index (χ0n) is 18.9. The number of carbonyl (C=O) groups excluding carboxylic acids is 2. The summed E-state index contributed by atoms with van der Waals surface area (Å²) in [7, 11) is 1.54. The Balaban J connectivity index is 1.86. The number of Topliss-reactive ketones (excluding diaryl/α,β-unsaturated/α-hetero) is 1. The smallest absolute Gasteiger partial charge is 0.300 e. The fraction of sp³-hybridized carbons (Fsp3) is 0.231. The molecule has 0 radical (unpaired) electrons. The Kier molecular flexibility index (Phi) is 6.24. The van der Waals surface area contributed by atoms with Gasteiger partial charge in [0.1, 0.15) is 23.3 Å². The molecule has 6 nitrogen and oxygen atoms in total. The van der Waals surface area contributed by atoms with Gasteiger partial charge in [0.15, 0.2) is 0 Å². The number of hydrogen-bond acceptors (Lipinski definition) is 6. The fourth-order valence-corrected chi connectivity index (χ4v) is 4.92. The lowest BCUT2D eigenvalue weighted by atomic mass is 9.98. The molecular formula is C26H25NO5S. The zero-order chi connectivity index (χ0) is 23.7. The number of rotatable bonds is 6. The standard InChI is InChI=1S/C26H25NO5S/c1-15(2)32-19-10-8-17(9-11-19)23(28)21-22(25-16(3)12-13-33-25)27(26(30)24(21)29)18-6-5-7-20(14-18)31-4/h5-15,22,28H,1-4H3/b23-21-. The van der Waals surface area contributed by atoms with Gasteiger partial charge < -0.3 is 14.6 Å². The molecule has 0 aliphatic carbocycles. The number of hydrogen-bond donors (Lipinski definition) is 1. The van der Waals surface area contributed by atoms with E-state index in [0.29, 0.717) is 22.7 Å². The van der Waals surface area contributed by atoms with E-state index in [2.05, 4.69) is 0 Å². The van der Waals surface area contributed by atoms with Crippen LogP contribution in [-0.2, 0) is 9.59 Å². The minimum absolute atomic E-state index is 0.0134. The lowest BCUT2D eigenvalue weighted by Gasteiger charge is -2.25. The van der Waals surface area contributed by atoms with Crippen LogP contribution in [0.5, 0.6) is 11.5 Å². The lowest BCUT2D eigenvalue weighted by Crippen LogP contribution is -2.29. The quantitative estimate of drug-likeness (QED) is 0.298. The number of benzene rings is 2. The van der Waals surface area contributed by atoms with Gasteiger partial charge in [0.05, 0.1) is 18.8 Å². The number of carbonyl (C=O) groups is 2. The first-order valence-corrected chi connectivity index (χ1v) is 11.5. The van der Waals surface area contributed by atoms with Gasteiger partial charge in [-0.05, 0) is 74.2 Å². The van der Waals surface area contributed by atoms with E-state index in [1.54, 1.807) is 55.6 Å². The summed E-state index contributed by atoms with van der Waals surface area (Å²) in [5, 5.41) is 13.1. The number of thiophene rings is 1. The van der Waals surface area contributed by atoms with Gasteiger partial charge >= 0.3 is 0 Å². The van der Waals surface area contributed by atoms with Gasteiger partial charge in [0, 0.05) is 22.2 Å². The summed E-state index contributed by atoms with van der Waals surface area (Å²) in [6, 6.07) is 15.0. The molecule has 33 heavy (non-hydrogen) atoms. The molecule has 1 N–H and O–H groups in total. The molecule has 1 fully saturated rings. The summed E-state index contributed by atoms with van der Waals surface area (Å²) in [5.41, 5.74) is 1.96. The molecule has 2 aromatic carbocycles. The third kappa shape index (κ3) is 4.24. The number of amides is 1. The Morgan fingerprint density at radius 2 is 1.79 bits per heavy atom. The monoisotopic (exact) mass is 463 g/mol. The van der Waals surface area contributed by atoms with Crippen LogP contribution in [0.3, 0.4) is 0 Å². The Morgan fingerprint density at radius 3 is 2.39 bits per heavy atom. The van der Waals surface area contributed by atoms with Crippen LogP contribution in [-0.4, -0.2) is 30.0 Å². The first kappa shape index (κ1) is 22.6. The molecule has 3 aromatic rings. The van der Waals surface area contributed by atoms with E-state index in [4.69, 9.17) is 9.47 Å². The van der Waals surface area contributed by atoms with Crippen molar-refractivity contribution in [3.63, 3.8) is 0 Å². The Hall–Kier alpha value is -3.58. The van der Waals surface area contributed by atoms with Gasteiger partial charge in [-0.1, -0.05) is 6.07 Å². The van der Waals surface area contributed by atoms with E-state index in [1.807, 2.05) is 32.2 Å². The van der Waals surface area contributed by atoms with Crippen LogP contribution >= 0.6 is 11.3 Å². The van der Waals surface area contributed by atoms with E-state index in [0.717, 1.165) is 10.4 Å². The van der Waals surface area contributed by atoms with Crippen LogP contribution in [0.4, 0.5) is 5.69 Å². The molecule has 2 heterocycles. The van der Waals surface area contributed by atoms with Crippen molar-refractivity contribution < 1.29 is 24.2 Å². The fourth-order valence-electron chi connectivity index (χ4n) is 3.89. The topological polar surface area (TPSA) is 76.1 Å². The van der Waals surface area contributed by atoms with Crippen molar-refractivity contribution >= 4 is 34.5 Å². The lowest BCUT2D eigenvalue weighted by molar-refractivity contribution is -0.132. The van der Waals surface area contributed by atoms with Gasteiger partial charge in [-0.15, -0.1) is 11.3 Å². The highest BCUT2D eigenvalue weighted by Crippen LogP contribution is 2.45. The van der Waals surface area contributed by atoms with Gasteiger partial charge in [0.25, 0.3) is 11.7 Å². The van der Waals surface area contributed by atoms with Crippen LogP contribution in [0, 0.1) is 6.92 Å². The number of nitrogens with zero attached hydrogens (tertiary/aromatic N) is 1. The molecule has 1 aliphatic heterocycles. The van der Waals surface area contributed by atoms with E-state index in [1.165, 1.54) is 16.2 Å². The first-order chi connectivity index (χ1) is 15.8. The van der Waals surface area contributed by atoms with Crippen molar-refractivity contribution in [2.75, 3.05) is 12.0 Å². The average molecular weight is 464 g/mol. The number of ether oxygens (including phenoxy) is 2. The molecule has 170 valence electrons. The number of methoxy groups -OCH3 is 1. The van der Waals surface area contributed by atoms with Crippen molar-refractivity contribution in [3.8, 4) is 11.5 Å². The summed E-state index contributed by atoms with van der Waals surface area (Å²) in [6.07, 6.45) is 0.0134. The van der Waals surface area contributed by atoms with Crippen LogP contribution in [0.15, 0.2) is 65.6 Å². The number of aryl methyl sites for hydroxylation is 1. The van der Waals surface area contributed by atoms with Gasteiger partial charge in [-0.2, -0.15) is 0 Å². The number of aliphatic hydroxyl groups is 1. The summed E-state index contributed by atoms with van der Waals surface area (Å²) < 4.78 is 11.0. The first-order valence-electron chi connectivity index (χ1n) is 10.6. The minimum atomic E-state index is -0.747. The highest BCUT2D eigenvalue weighted by molar-refractivity contribution is 7.10. The van der Waals surface area contributed by atoms with E-state index in [-0.39, 0.29) is 17.4 Å². The van der Waals surface area contributed by atoms with Crippen LogP contribution in [0.1, 0.15) is 35.9 Å². The highest BCUT2D eigenvalue weighted by atomic mass is 32.1. The number of aliphatic hydroxyl groups excluding tert-OH is 1. The molecule has 0 bridgehead atoms. The summed E-state index contributed by atoms with van der Waals surface area (Å²) >= 11 is 1.44. The van der Waals surface area contributed by atoms with Crippen molar-refractivity contribution in [2.24, 2.45) is 0 Å². The molecule has 1 aromatic heterocycles. The third-order valence-corrected chi connectivity index (χ3v) is 6.50. The second kappa shape index (κ2) is 9.11. The molecular weight excluding hydrogens is 438 g/mol. The second-order valence-electron chi connectivity index (χ2n) is 8.03. The molecule has 4 rings (SSSR count). The Labute approximate surface area is 196 Å². The summed E-state index contributed by atoms with van der Waals surface area (Å²) in [5.74, 6) is -0.411.